The number of carbonyl (C=O) groups is 1. The molecule has 0 radical (unpaired) electrons. The Kier molecular flexibility index (Phi) is 7.83. The fourth-order valence-corrected chi connectivity index (χ4v) is 4.55. The first-order valence-corrected chi connectivity index (χ1v) is 12.4. The third kappa shape index (κ3) is 5.88. The third-order valence-electron chi connectivity index (χ3n) is 5.30. The van der Waals surface area contributed by atoms with Crippen LogP contribution in [0.1, 0.15) is 46.3 Å². The van der Waals surface area contributed by atoms with E-state index in [2.05, 4.69) is 15.2 Å². The molecule has 182 valence electrons. The summed E-state index contributed by atoms with van der Waals surface area (Å²) in [5, 5.41) is 6.75. The molecule has 10 heteroatoms. The molecule has 0 unspecified atom stereocenters. The van der Waals surface area contributed by atoms with E-state index < -0.39 is 10.0 Å². The number of benzene rings is 2. The lowest BCUT2D eigenvalue weighted by molar-refractivity contribution is 0.102. The second-order valence-corrected chi connectivity index (χ2v) is 9.65. The van der Waals surface area contributed by atoms with Gasteiger partial charge in [-0.1, -0.05) is 18.1 Å². The van der Waals surface area contributed by atoms with E-state index in [1.807, 2.05) is 13.8 Å². The molecule has 0 fully saturated rings. The van der Waals surface area contributed by atoms with Crippen LogP contribution in [0.3, 0.4) is 0 Å². The molecular formula is C24H29N3O6S. The number of methoxy groups -OCH3 is 1. The molecule has 3 aromatic rings. The predicted octanol–water partition coefficient (Wildman–Crippen LogP) is 4.59. The maximum atomic E-state index is 12.9. The molecule has 1 heterocycles. The van der Waals surface area contributed by atoms with Gasteiger partial charge in [0.05, 0.1) is 29.8 Å². The molecule has 2 aromatic carbocycles. The number of nitrogens with zero attached hydrogens (tertiary/aromatic N) is 1. The fraction of sp³-hybridized carbons (Fsp3) is 0.333. The third-order valence-corrected chi connectivity index (χ3v) is 6.78. The Balaban J connectivity index is 1.76. The highest BCUT2D eigenvalue weighted by atomic mass is 32.2. The predicted molar refractivity (Wildman–Crippen MR) is 130 cm³/mol. The van der Waals surface area contributed by atoms with Crippen molar-refractivity contribution in [3.63, 3.8) is 0 Å². The molecule has 0 aliphatic rings. The lowest BCUT2D eigenvalue weighted by Gasteiger charge is -2.15. The molecule has 2 N–H and O–H groups in total. The number of ether oxygens (including phenoxy) is 2. The molecule has 0 saturated carbocycles. The lowest BCUT2D eigenvalue weighted by Crippen LogP contribution is -2.18. The largest absolute Gasteiger partial charge is 0.493 e. The summed E-state index contributed by atoms with van der Waals surface area (Å²) in [6.45, 7) is 7.44. The summed E-state index contributed by atoms with van der Waals surface area (Å²) in [6.07, 6.45) is 0.504. The Bertz CT molecular complexity index is 1260. The minimum Gasteiger partial charge on any atom is -0.493 e. The van der Waals surface area contributed by atoms with Gasteiger partial charge in [0.2, 0.25) is 10.0 Å². The van der Waals surface area contributed by atoms with Gasteiger partial charge in [-0.3, -0.25) is 9.52 Å². The summed E-state index contributed by atoms with van der Waals surface area (Å²) in [7, 11) is -1.95. The monoisotopic (exact) mass is 487 g/mol. The van der Waals surface area contributed by atoms with E-state index in [1.165, 1.54) is 7.11 Å². The van der Waals surface area contributed by atoms with Gasteiger partial charge in [-0.25, -0.2) is 8.42 Å². The van der Waals surface area contributed by atoms with E-state index >= 15 is 0 Å². The molecule has 0 bridgehead atoms. The first-order valence-electron chi connectivity index (χ1n) is 10.8. The molecule has 0 aliphatic heterocycles. The normalized spacial score (nSPS) is 11.2. The summed E-state index contributed by atoms with van der Waals surface area (Å²) >= 11 is 0. The Morgan fingerprint density at radius 1 is 1.09 bits per heavy atom. The van der Waals surface area contributed by atoms with Gasteiger partial charge in [-0.2, -0.15) is 0 Å². The minimum atomic E-state index is -3.45. The zero-order valence-corrected chi connectivity index (χ0v) is 20.7. The van der Waals surface area contributed by atoms with Crippen molar-refractivity contribution in [2.45, 2.75) is 40.7 Å². The fourth-order valence-electron chi connectivity index (χ4n) is 3.35. The number of hydrogen-bond donors (Lipinski definition) is 2. The molecule has 3 rings (SSSR count). The molecule has 34 heavy (non-hydrogen) atoms. The second-order valence-electron chi connectivity index (χ2n) is 7.81. The SMILES string of the molecule is CCCS(=O)(=O)Nc1cccc(NC(=O)c2ccc(OCc3c(C)noc3C)c(OC)c2)c1C. The highest BCUT2D eigenvalue weighted by Crippen LogP contribution is 2.31. The van der Waals surface area contributed by atoms with Crippen molar-refractivity contribution < 1.29 is 27.2 Å². The van der Waals surface area contributed by atoms with E-state index in [0.29, 0.717) is 46.2 Å². The summed E-state index contributed by atoms with van der Waals surface area (Å²) in [4.78, 5) is 12.9. The zero-order valence-electron chi connectivity index (χ0n) is 19.9. The van der Waals surface area contributed by atoms with Crippen LogP contribution in [0.15, 0.2) is 40.9 Å². The van der Waals surface area contributed by atoms with Gasteiger partial charge in [-0.15, -0.1) is 0 Å². The summed E-state index contributed by atoms with van der Waals surface area (Å²) in [6, 6.07) is 9.92. The molecule has 1 aromatic heterocycles. The highest BCUT2D eigenvalue weighted by Gasteiger charge is 2.17. The van der Waals surface area contributed by atoms with E-state index in [0.717, 1.165) is 11.3 Å². The van der Waals surface area contributed by atoms with Gasteiger partial charge >= 0.3 is 0 Å². The van der Waals surface area contributed by atoms with E-state index in [1.54, 1.807) is 50.2 Å². The summed E-state index contributed by atoms with van der Waals surface area (Å²) in [5.74, 6) is 1.21. The van der Waals surface area contributed by atoms with Gasteiger partial charge in [0, 0.05) is 11.3 Å². The van der Waals surface area contributed by atoms with Crippen LogP contribution in [0, 0.1) is 20.8 Å². The number of aryl methyl sites for hydroxylation is 2. The smallest absolute Gasteiger partial charge is 0.255 e. The van der Waals surface area contributed by atoms with Gasteiger partial charge in [0.15, 0.2) is 11.5 Å². The number of sulfonamides is 1. The van der Waals surface area contributed by atoms with Crippen LogP contribution < -0.4 is 19.5 Å². The van der Waals surface area contributed by atoms with E-state index in [9.17, 15) is 13.2 Å². The van der Waals surface area contributed by atoms with Crippen molar-refractivity contribution in [1.29, 1.82) is 0 Å². The van der Waals surface area contributed by atoms with Crippen molar-refractivity contribution >= 4 is 27.3 Å². The average molecular weight is 488 g/mol. The molecule has 1 amide bonds. The van der Waals surface area contributed by atoms with Crippen LogP contribution >= 0.6 is 0 Å². The highest BCUT2D eigenvalue weighted by molar-refractivity contribution is 7.92. The van der Waals surface area contributed by atoms with Crippen LogP contribution in [-0.4, -0.2) is 32.3 Å². The Morgan fingerprint density at radius 2 is 1.82 bits per heavy atom. The van der Waals surface area contributed by atoms with Crippen LogP contribution in [0.2, 0.25) is 0 Å². The zero-order chi connectivity index (χ0) is 24.9. The lowest BCUT2D eigenvalue weighted by atomic mass is 10.1. The molecule has 0 saturated heterocycles. The number of hydrogen-bond acceptors (Lipinski definition) is 7. The van der Waals surface area contributed by atoms with Crippen LogP contribution in [0.25, 0.3) is 0 Å². The van der Waals surface area contributed by atoms with Gasteiger partial charge in [0.25, 0.3) is 5.91 Å². The molecular weight excluding hydrogens is 458 g/mol. The number of amides is 1. The van der Waals surface area contributed by atoms with E-state index in [-0.39, 0.29) is 18.3 Å². The number of rotatable bonds is 10. The van der Waals surface area contributed by atoms with Gasteiger partial charge < -0.3 is 19.3 Å². The maximum absolute atomic E-state index is 12.9. The Hall–Kier alpha value is -3.53. The average Bonchev–Trinajstić information content (AvgIpc) is 3.11. The Morgan fingerprint density at radius 3 is 2.47 bits per heavy atom. The summed E-state index contributed by atoms with van der Waals surface area (Å²) in [5.41, 5.74) is 3.50. The molecule has 0 atom stereocenters. The second kappa shape index (κ2) is 10.6. The van der Waals surface area contributed by atoms with Crippen molar-refractivity contribution in [3.8, 4) is 11.5 Å². The first-order chi connectivity index (χ1) is 16.1. The number of aromatic nitrogens is 1. The molecule has 9 nitrogen and oxygen atoms in total. The standard InChI is InChI=1S/C24H29N3O6S/c1-6-12-34(29,30)27-21-9-7-8-20(15(21)2)25-24(28)18-10-11-22(23(13-18)31-5)32-14-19-16(3)26-33-17(19)4/h7-11,13,27H,6,12,14H2,1-5H3,(H,25,28). The van der Waals surface area contributed by atoms with Crippen molar-refractivity contribution in [2.24, 2.45) is 0 Å². The topological polar surface area (TPSA) is 120 Å². The maximum Gasteiger partial charge on any atom is 0.255 e. The van der Waals surface area contributed by atoms with Crippen molar-refractivity contribution in [3.05, 3.63) is 64.5 Å². The van der Waals surface area contributed by atoms with Crippen molar-refractivity contribution in [1.82, 2.24) is 5.16 Å². The van der Waals surface area contributed by atoms with Crippen LogP contribution in [-0.2, 0) is 16.6 Å². The van der Waals surface area contributed by atoms with Crippen molar-refractivity contribution in [2.75, 3.05) is 22.9 Å². The Labute approximate surface area is 199 Å². The number of anilines is 2. The van der Waals surface area contributed by atoms with Crippen LogP contribution in [0.5, 0.6) is 11.5 Å². The van der Waals surface area contributed by atoms with E-state index in [4.69, 9.17) is 14.0 Å². The van der Waals surface area contributed by atoms with Crippen LogP contribution in [0.4, 0.5) is 11.4 Å². The quantitative estimate of drug-likeness (QED) is 0.429. The molecule has 0 aliphatic carbocycles. The first kappa shape index (κ1) is 25.1. The number of nitrogens with one attached hydrogen (secondary N) is 2. The number of carbonyl (C=O) groups excluding carboxylic acids is 1. The van der Waals surface area contributed by atoms with Gasteiger partial charge in [0.1, 0.15) is 12.4 Å². The minimum absolute atomic E-state index is 0.0213. The summed E-state index contributed by atoms with van der Waals surface area (Å²) < 4.78 is 43.3. The molecule has 0 spiro atoms. The van der Waals surface area contributed by atoms with Gasteiger partial charge in [-0.05, 0) is 63.1 Å².